The smallest absolute Gasteiger partial charge is 0.372 e. The van der Waals surface area contributed by atoms with Crippen molar-refractivity contribution in [1.29, 1.82) is 0 Å². The molecule has 158 valence electrons. The molecule has 6 nitrogen and oxygen atoms in total. The molecule has 2 heterocycles. The molecule has 0 bridgehead atoms. The molecule has 2 aromatic rings. The van der Waals surface area contributed by atoms with Gasteiger partial charge in [-0.25, -0.2) is 0 Å². The standard InChI is InChI=1S/C20H25F3N4O2/c21-20(22,23)16-29-15-5-9-25-11-13-26(14-12-25)19(28)18(27-10-4-8-24-27)17-6-2-1-3-7-17/h1-4,6-8,10,18H,5,9,11-16H2. The molecule has 9 heteroatoms. The summed E-state index contributed by atoms with van der Waals surface area (Å²) in [5.74, 6) is -0.00643. The van der Waals surface area contributed by atoms with Crippen LogP contribution in [0, 0.1) is 0 Å². The van der Waals surface area contributed by atoms with E-state index >= 15 is 0 Å². The number of ether oxygens (including phenoxy) is 1. The molecule has 0 aliphatic carbocycles. The van der Waals surface area contributed by atoms with E-state index in [2.05, 4.69) is 14.7 Å². The highest BCUT2D eigenvalue weighted by Crippen LogP contribution is 2.21. The molecule has 1 fully saturated rings. The lowest BCUT2D eigenvalue weighted by atomic mass is 10.1. The van der Waals surface area contributed by atoms with Crippen molar-refractivity contribution >= 4 is 5.91 Å². The Balaban J connectivity index is 1.50. The van der Waals surface area contributed by atoms with E-state index in [1.165, 1.54) is 0 Å². The lowest BCUT2D eigenvalue weighted by Crippen LogP contribution is -2.51. The van der Waals surface area contributed by atoms with Gasteiger partial charge in [-0.2, -0.15) is 18.3 Å². The van der Waals surface area contributed by atoms with Crippen molar-refractivity contribution in [2.24, 2.45) is 0 Å². The third-order valence-corrected chi connectivity index (χ3v) is 4.85. The van der Waals surface area contributed by atoms with Gasteiger partial charge in [0.15, 0.2) is 6.04 Å². The molecule has 1 unspecified atom stereocenters. The van der Waals surface area contributed by atoms with Crippen LogP contribution >= 0.6 is 0 Å². The number of piperazine rings is 1. The van der Waals surface area contributed by atoms with Gasteiger partial charge in [0.25, 0.3) is 5.91 Å². The molecule has 0 radical (unpaired) electrons. The zero-order valence-electron chi connectivity index (χ0n) is 16.1. The van der Waals surface area contributed by atoms with E-state index in [0.717, 1.165) is 5.56 Å². The minimum absolute atomic E-state index is 0.00643. The first kappa shape index (κ1) is 21.3. The van der Waals surface area contributed by atoms with E-state index in [1.54, 1.807) is 23.1 Å². The summed E-state index contributed by atoms with van der Waals surface area (Å²) in [7, 11) is 0. The largest absolute Gasteiger partial charge is 0.411 e. The Labute approximate surface area is 167 Å². The zero-order valence-corrected chi connectivity index (χ0v) is 16.1. The number of halogens is 3. The van der Waals surface area contributed by atoms with Crippen molar-refractivity contribution in [1.82, 2.24) is 19.6 Å². The maximum Gasteiger partial charge on any atom is 0.411 e. The van der Waals surface area contributed by atoms with E-state index in [9.17, 15) is 18.0 Å². The Hall–Kier alpha value is -2.39. The minimum atomic E-state index is -4.28. The van der Waals surface area contributed by atoms with Crippen molar-refractivity contribution in [2.45, 2.75) is 18.6 Å². The van der Waals surface area contributed by atoms with Crippen LogP contribution < -0.4 is 0 Å². The van der Waals surface area contributed by atoms with Crippen molar-refractivity contribution in [2.75, 3.05) is 45.9 Å². The predicted molar refractivity (Wildman–Crippen MR) is 101 cm³/mol. The molecule has 1 amide bonds. The highest BCUT2D eigenvalue weighted by Gasteiger charge is 2.30. The third kappa shape index (κ3) is 6.30. The Morgan fingerprint density at radius 2 is 1.83 bits per heavy atom. The third-order valence-electron chi connectivity index (χ3n) is 4.85. The minimum Gasteiger partial charge on any atom is -0.372 e. The van der Waals surface area contributed by atoms with Crippen LogP contribution in [0.5, 0.6) is 0 Å². The van der Waals surface area contributed by atoms with Gasteiger partial charge in [0.1, 0.15) is 6.61 Å². The number of hydrogen-bond acceptors (Lipinski definition) is 4. The number of rotatable bonds is 8. The van der Waals surface area contributed by atoms with Crippen LogP contribution in [0.25, 0.3) is 0 Å². The van der Waals surface area contributed by atoms with Gasteiger partial charge < -0.3 is 9.64 Å². The topological polar surface area (TPSA) is 50.6 Å². The van der Waals surface area contributed by atoms with Crippen LogP contribution in [-0.2, 0) is 9.53 Å². The second kappa shape index (κ2) is 9.89. The Kier molecular flexibility index (Phi) is 7.27. The van der Waals surface area contributed by atoms with Crippen LogP contribution in [0.15, 0.2) is 48.8 Å². The average molecular weight is 410 g/mol. The fraction of sp³-hybridized carbons (Fsp3) is 0.500. The number of benzene rings is 1. The molecule has 1 atom stereocenters. The molecule has 1 aliphatic rings. The van der Waals surface area contributed by atoms with Gasteiger partial charge in [-0.3, -0.25) is 14.4 Å². The SMILES string of the molecule is O=C(C(c1ccccc1)n1cccn1)N1CCN(CCCOCC(F)(F)F)CC1. The molecule has 1 aromatic carbocycles. The summed E-state index contributed by atoms with van der Waals surface area (Å²) in [6.45, 7) is 2.05. The second-order valence-corrected chi connectivity index (χ2v) is 6.99. The Bertz CT molecular complexity index is 745. The lowest BCUT2D eigenvalue weighted by Gasteiger charge is -2.36. The summed E-state index contributed by atoms with van der Waals surface area (Å²) in [5.41, 5.74) is 0.880. The van der Waals surface area contributed by atoms with Gasteiger partial charge in [-0.05, 0) is 18.1 Å². The quantitative estimate of drug-likeness (QED) is 0.628. The number of aromatic nitrogens is 2. The van der Waals surface area contributed by atoms with Crippen molar-refractivity contribution in [3.8, 4) is 0 Å². The summed E-state index contributed by atoms with van der Waals surface area (Å²) < 4.78 is 42.5. The van der Waals surface area contributed by atoms with Crippen LogP contribution in [-0.4, -0.2) is 77.6 Å². The van der Waals surface area contributed by atoms with Crippen molar-refractivity contribution in [3.05, 3.63) is 54.4 Å². The Morgan fingerprint density at radius 3 is 2.45 bits per heavy atom. The van der Waals surface area contributed by atoms with Gasteiger partial charge in [-0.1, -0.05) is 30.3 Å². The first-order chi connectivity index (χ1) is 13.9. The highest BCUT2D eigenvalue weighted by atomic mass is 19.4. The number of amides is 1. The number of carbonyl (C=O) groups excluding carboxylic acids is 1. The summed E-state index contributed by atoms with van der Waals surface area (Å²) in [4.78, 5) is 17.2. The maximum absolute atomic E-state index is 13.2. The summed E-state index contributed by atoms with van der Waals surface area (Å²) in [6.07, 6.45) is -0.311. The molecule has 0 saturated carbocycles. The van der Waals surface area contributed by atoms with E-state index in [0.29, 0.717) is 39.1 Å². The Morgan fingerprint density at radius 1 is 1.10 bits per heavy atom. The van der Waals surface area contributed by atoms with Gasteiger partial charge in [0.05, 0.1) is 0 Å². The monoisotopic (exact) mass is 410 g/mol. The summed E-state index contributed by atoms with van der Waals surface area (Å²) >= 11 is 0. The molecular weight excluding hydrogens is 385 g/mol. The van der Waals surface area contributed by atoms with Crippen molar-refractivity contribution < 1.29 is 22.7 Å². The first-order valence-corrected chi connectivity index (χ1v) is 9.64. The van der Waals surface area contributed by atoms with Gasteiger partial charge in [0.2, 0.25) is 0 Å². The molecule has 0 N–H and O–H groups in total. The number of alkyl halides is 3. The fourth-order valence-electron chi connectivity index (χ4n) is 3.42. The van der Waals surface area contributed by atoms with E-state index in [4.69, 9.17) is 0 Å². The molecule has 0 spiro atoms. The van der Waals surface area contributed by atoms with Gasteiger partial charge in [-0.15, -0.1) is 0 Å². The van der Waals surface area contributed by atoms with E-state index < -0.39 is 18.8 Å². The second-order valence-electron chi connectivity index (χ2n) is 6.99. The normalized spacial score (nSPS) is 16.7. The molecular formula is C20H25F3N4O2. The van der Waals surface area contributed by atoms with Gasteiger partial charge in [0, 0.05) is 51.7 Å². The molecule has 3 rings (SSSR count). The van der Waals surface area contributed by atoms with Crippen molar-refractivity contribution in [3.63, 3.8) is 0 Å². The zero-order chi connectivity index (χ0) is 20.7. The number of carbonyl (C=O) groups is 1. The van der Waals surface area contributed by atoms with Crippen LogP contribution in [0.4, 0.5) is 13.2 Å². The van der Waals surface area contributed by atoms with E-state index in [-0.39, 0.29) is 12.5 Å². The van der Waals surface area contributed by atoms with E-state index in [1.807, 2.05) is 35.2 Å². The summed E-state index contributed by atoms with van der Waals surface area (Å²) in [6, 6.07) is 10.8. The summed E-state index contributed by atoms with van der Waals surface area (Å²) in [5, 5.41) is 4.26. The van der Waals surface area contributed by atoms with Crippen LogP contribution in [0.2, 0.25) is 0 Å². The lowest BCUT2D eigenvalue weighted by molar-refractivity contribution is -0.174. The molecule has 1 aromatic heterocycles. The van der Waals surface area contributed by atoms with Gasteiger partial charge >= 0.3 is 6.18 Å². The molecule has 1 aliphatic heterocycles. The van der Waals surface area contributed by atoms with Crippen LogP contribution in [0.3, 0.4) is 0 Å². The maximum atomic E-state index is 13.2. The molecule has 1 saturated heterocycles. The number of nitrogens with zero attached hydrogens (tertiary/aromatic N) is 4. The predicted octanol–water partition coefficient (Wildman–Crippen LogP) is 2.59. The average Bonchev–Trinajstić information content (AvgIpc) is 3.22. The molecule has 29 heavy (non-hydrogen) atoms. The first-order valence-electron chi connectivity index (χ1n) is 9.64. The fourth-order valence-corrected chi connectivity index (χ4v) is 3.42. The van der Waals surface area contributed by atoms with Crippen LogP contribution in [0.1, 0.15) is 18.0 Å². The highest BCUT2D eigenvalue weighted by molar-refractivity contribution is 5.83. The number of hydrogen-bond donors (Lipinski definition) is 0.